The van der Waals surface area contributed by atoms with Gasteiger partial charge >= 0.3 is 0 Å². The molecule has 0 heterocycles. The number of nitrogens with zero attached hydrogens (tertiary/aromatic N) is 1. The molecule has 4 nitrogen and oxygen atoms in total. The maximum Gasteiger partial charge on any atom is 0.266 e. The van der Waals surface area contributed by atoms with E-state index >= 15 is 0 Å². The molecule has 0 unspecified atom stereocenters. The van der Waals surface area contributed by atoms with E-state index in [0.29, 0.717) is 22.0 Å². The van der Waals surface area contributed by atoms with Crippen molar-refractivity contribution >= 4 is 52.5 Å². The molecular weight excluding hydrogens is 467 g/mol. The number of anilines is 1. The zero-order valence-corrected chi connectivity index (χ0v) is 19.6. The molecule has 0 aromatic heterocycles. The number of carbonyl (C=O) groups is 1. The van der Waals surface area contributed by atoms with Gasteiger partial charge in [-0.1, -0.05) is 59.1 Å². The highest BCUT2D eigenvalue weighted by molar-refractivity contribution is 6.37. The van der Waals surface area contributed by atoms with Crippen LogP contribution in [-0.4, -0.2) is 5.91 Å². The van der Waals surface area contributed by atoms with Gasteiger partial charge in [-0.25, -0.2) is 0 Å². The number of aryl methyl sites for hydroxylation is 2. The lowest BCUT2D eigenvalue weighted by molar-refractivity contribution is -0.112. The summed E-state index contributed by atoms with van der Waals surface area (Å²) in [5, 5.41) is 13.3. The van der Waals surface area contributed by atoms with Crippen molar-refractivity contribution in [3.63, 3.8) is 0 Å². The minimum absolute atomic E-state index is 0.0832. The minimum atomic E-state index is -0.526. The average molecular weight is 486 g/mol. The van der Waals surface area contributed by atoms with Crippen LogP contribution in [0.2, 0.25) is 15.1 Å². The molecule has 0 spiro atoms. The smallest absolute Gasteiger partial charge is 0.266 e. The second kappa shape index (κ2) is 10.6. The molecule has 1 N–H and O–H groups in total. The van der Waals surface area contributed by atoms with E-state index in [-0.39, 0.29) is 22.2 Å². The first-order chi connectivity index (χ1) is 15.3. The fourth-order valence-electron chi connectivity index (χ4n) is 2.90. The van der Waals surface area contributed by atoms with Gasteiger partial charge in [0, 0.05) is 16.3 Å². The number of rotatable bonds is 6. The normalized spacial score (nSPS) is 11.1. The SMILES string of the molecule is Cc1ccc(NC(=O)/C(C#N)=C/c2cc(Cl)c(OCc3ccccc3Cl)c(Cl)c2)cc1C. The molecule has 32 heavy (non-hydrogen) atoms. The molecule has 0 bridgehead atoms. The van der Waals surface area contributed by atoms with E-state index in [1.807, 2.05) is 50.2 Å². The van der Waals surface area contributed by atoms with Crippen molar-refractivity contribution in [1.29, 1.82) is 5.26 Å². The Labute approximate surface area is 202 Å². The molecule has 3 rings (SSSR count). The van der Waals surface area contributed by atoms with Crippen LogP contribution in [-0.2, 0) is 11.4 Å². The van der Waals surface area contributed by atoms with Gasteiger partial charge in [0.1, 0.15) is 18.2 Å². The standard InChI is InChI=1S/C25H19Cl3N2O2/c1-15-7-8-20(9-16(15)2)30-25(31)19(13-29)10-17-11-22(27)24(23(28)12-17)32-14-18-5-3-4-6-21(18)26/h3-12H,14H2,1-2H3,(H,30,31)/b19-10+. The zero-order chi connectivity index (χ0) is 23.3. The van der Waals surface area contributed by atoms with E-state index in [1.54, 1.807) is 24.3 Å². The molecule has 0 saturated carbocycles. The largest absolute Gasteiger partial charge is 0.486 e. The molecular formula is C25H19Cl3N2O2. The van der Waals surface area contributed by atoms with Gasteiger partial charge < -0.3 is 10.1 Å². The van der Waals surface area contributed by atoms with E-state index in [4.69, 9.17) is 39.5 Å². The van der Waals surface area contributed by atoms with Crippen LogP contribution in [0.4, 0.5) is 5.69 Å². The second-order valence-corrected chi connectivity index (χ2v) is 8.34. The van der Waals surface area contributed by atoms with E-state index in [9.17, 15) is 10.1 Å². The second-order valence-electron chi connectivity index (χ2n) is 7.12. The fourth-order valence-corrected chi connectivity index (χ4v) is 3.70. The Hall–Kier alpha value is -2.97. The van der Waals surface area contributed by atoms with Gasteiger partial charge in [0.15, 0.2) is 5.75 Å². The Bertz CT molecular complexity index is 1220. The van der Waals surface area contributed by atoms with Crippen molar-refractivity contribution < 1.29 is 9.53 Å². The number of nitrogens with one attached hydrogen (secondary N) is 1. The Morgan fingerprint density at radius 3 is 2.31 bits per heavy atom. The van der Waals surface area contributed by atoms with E-state index in [1.165, 1.54) is 6.08 Å². The summed E-state index contributed by atoms with van der Waals surface area (Å²) in [6, 6.07) is 17.9. The molecule has 0 saturated heterocycles. The van der Waals surface area contributed by atoms with Crippen molar-refractivity contribution in [1.82, 2.24) is 0 Å². The van der Waals surface area contributed by atoms with E-state index < -0.39 is 5.91 Å². The maximum absolute atomic E-state index is 12.6. The van der Waals surface area contributed by atoms with Crippen molar-refractivity contribution in [3.05, 3.63) is 97.5 Å². The predicted octanol–water partition coefficient (Wildman–Crippen LogP) is 7.39. The highest BCUT2D eigenvalue weighted by Gasteiger charge is 2.14. The minimum Gasteiger partial charge on any atom is -0.486 e. The van der Waals surface area contributed by atoms with E-state index in [2.05, 4.69) is 5.32 Å². The van der Waals surface area contributed by atoms with Gasteiger partial charge in [-0.15, -0.1) is 0 Å². The summed E-state index contributed by atoms with van der Waals surface area (Å²) in [7, 11) is 0. The maximum atomic E-state index is 12.6. The number of carbonyl (C=O) groups excluding carboxylic acids is 1. The lowest BCUT2D eigenvalue weighted by Gasteiger charge is -2.12. The molecule has 0 aliphatic carbocycles. The Balaban J connectivity index is 1.78. The Kier molecular flexibility index (Phi) is 7.82. The third-order valence-corrected chi connectivity index (χ3v) is 5.72. The van der Waals surface area contributed by atoms with Crippen molar-refractivity contribution in [2.75, 3.05) is 5.32 Å². The summed E-state index contributed by atoms with van der Waals surface area (Å²) >= 11 is 18.9. The molecule has 7 heteroatoms. The molecule has 0 fully saturated rings. The highest BCUT2D eigenvalue weighted by atomic mass is 35.5. The molecule has 0 aliphatic rings. The van der Waals surface area contributed by atoms with Crippen LogP contribution >= 0.6 is 34.8 Å². The van der Waals surface area contributed by atoms with Crippen LogP contribution in [0.25, 0.3) is 6.08 Å². The van der Waals surface area contributed by atoms with Gasteiger partial charge in [-0.3, -0.25) is 4.79 Å². The number of nitriles is 1. The van der Waals surface area contributed by atoms with Gasteiger partial charge in [-0.05, 0) is 66.9 Å². The molecule has 0 aliphatic heterocycles. The number of hydrogen-bond acceptors (Lipinski definition) is 3. The third-order valence-electron chi connectivity index (χ3n) is 4.79. The van der Waals surface area contributed by atoms with E-state index in [0.717, 1.165) is 16.7 Å². The summed E-state index contributed by atoms with van der Waals surface area (Å²) < 4.78 is 5.75. The molecule has 0 atom stereocenters. The van der Waals surface area contributed by atoms with Crippen LogP contribution in [0.15, 0.2) is 60.2 Å². The summed E-state index contributed by atoms with van der Waals surface area (Å²) in [6.45, 7) is 4.12. The summed E-state index contributed by atoms with van der Waals surface area (Å²) in [4.78, 5) is 12.6. The van der Waals surface area contributed by atoms with Crippen molar-refractivity contribution in [3.8, 4) is 11.8 Å². The Morgan fingerprint density at radius 1 is 1.00 bits per heavy atom. The first-order valence-corrected chi connectivity index (χ1v) is 10.8. The van der Waals surface area contributed by atoms with Crippen LogP contribution < -0.4 is 10.1 Å². The summed E-state index contributed by atoms with van der Waals surface area (Å²) in [6.07, 6.45) is 1.42. The van der Waals surface area contributed by atoms with Crippen LogP contribution in [0.1, 0.15) is 22.3 Å². The summed E-state index contributed by atoms with van der Waals surface area (Å²) in [5.74, 6) is -0.231. The number of benzene rings is 3. The van der Waals surface area contributed by atoms with Gasteiger partial charge in [0.25, 0.3) is 5.91 Å². The quantitative estimate of drug-likeness (QED) is 0.292. The van der Waals surface area contributed by atoms with Gasteiger partial charge in [0.05, 0.1) is 10.0 Å². The molecule has 3 aromatic rings. The molecule has 1 amide bonds. The highest BCUT2D eigenvalue weighted by Crippen LogP contribution is 2.36. The van der Waals surface area contributed by atoms with Crippen LogP contribution in [0.5, 0.6) is 5.75 Å². The third kappa shape index (κ3) is 5.83. The lowest BCUT2D eigenvalue weighted by Crippen LogP contribution is -2.13. The molecule has 3 aromatic carbocycles. The van der Waals surface area contributed by atoms with Gasteiger partial charge in [0.2, 0.25) is 0 Å². The van der Waals surface area contributed by atoms with Gasteiger partial charge in [-0.2, -0.15) is 5.26 Å². The zero-order valence-electron chi connectivity index (χ0n) is 17.4. The average Bonchev–Trinajstić information content (AvgIpc) is 2.75. The van der Waals surface area contributed by atoms with Crippen molar-refractivity contribution in [2.45, 2.75) is 20.5 Å². The number of ether oxygens (including phenoxy) is 1. The fraction of sp³-hybridized carbons (Fsp3) is 0.120. The monoisotopic (exact) mass is 484 g/mol. The Morgan fingerprint density at radius 2 is 1.69 bits per heavy atom. The van der Waals surface area contributed by atoms with Crippen LogP contribution in [0.3, 0.4) is 0 Å². The van der Waals surface area contributed by atoms with Crippen LogP contribution in [0, 0.1) is 25.2 Å². The summed E-state index contributed by atoms with van der Waals surface area (Å²) in [5.41, 5.74) is 3.96. The number of halogens is 3. The first kappa shape index (κ1) is 23.7. The number of amides is 1. The predicted molar refractivity (Wildman–Crippen MR) is 130 cm³/mol. The first-order valence-electron chi connectivity index (χ1n) is 9.64. The lowest BCUT2D eigenvalue weighted by atomic mass is 10.1. The van der Waals surface area contributed by atoms with Crippen molar-refractivity contribution in [2.24, 2.45) is 0 Å². The molecule has 0 radical (unpaired) electrons. The number of hydrogen-bond donors (Lipinski definition) is 1. The molecule has 162 valence electrons. The topological polar surface area (TPSA) is 62.1 Å².